The number of methoxy groups -OCH3 is 1. The molecule has 0 aliphatic carbocycles. The first kappa shape index (κ1) is 24.0. The van der Waals surface area contributed by atoms with E-state index in [1.807, 2.05) is 26.0 Å². The van der Waals surface area contributed by atoms with Crippen LogP contribution in [0.3, 0.4) is 0 Å². The van der Waals surface area contributed by atoms with E-state index in [9.17, 15) is 9.59 Å². The second-order valence-corrected chi connectivity index (χ2v) is 7.96. The first-order chi connectivity index (χ1) is 15.4. The van der Waals surface area contributed by atoms with E-state index in [0.717, 1.165) is 0 Å². The fourth-order valence-electron chi connectivity index (χ4n) is 3.67. The van der Waals surface area contributed by atoms with Gasteiger partial charge in [-0.05, 0) is 37.6 Å². The summed E-state index contributed by atoms with van der Waals surface area (Å²) in [6.07, 6.45) is 0.558. The predicted molar refractivity (Wildman–Crippen MR) is 129 cm³/mol. The van der Waals surface area contributed by atoms with Gasteiger partial charge < -0.3 is 15.0 Å². The van der Waals surface area contributed by atoms with E-state index in [1.165, 1.54) is 0 Å². The molecule has 0 aliphatic heterocycles. The number of fused-ring (bicyclic) bond motifs is 1. The number of hydrogen-bond acceptors (Lipinski definition) is 4. The van der Waals surface area contributed by atoms with E-state index in [0.29, 0.717) is 53.6 Å². The molecule has 9 heteroatoms. The molecule has 0 spiro atoms. The molecule has 1 aromatic heterocycles. The van der Waals surface area contributed by atoms with Crippen LogP contribution in [0.1, 0.15) is 32.1 Å². The van der Waals surface area contributed by atoms with Crippen LogP contribution in [-0.4, -0.2) is 40.7 Å². The highest BCUT2D eigenvalue weighted by Crippen LogP contribution is 2.31. The van der Waals surface area contributed by atoms with Gasteiger partial charge in [0.15, 0.2) is 0 Å². The van der Waals surface area contributed by atoms with Crippen molar-refractivity contribution in [2.24, 2.45) is 0 Å². The van der Waals surface area contributed by atoms with Gasteiger partial charge in [0, 0.05) is 13.7 Å². The predicted octanol–water partition coefficient (Wildman–Crippen LogP) is 5.35. The number of ether oxygens (including phenoxy) is 1. The summed E-state index contributed by atoms with van der Waals surface area (Å²) in [6, 6.07) is 11.5. The SMILES string of the molecule is CCC(c1nc2ccccc2c(=O)n1CCOC)N(CC)C(=O)Nc1cccc(Cl)c1Cl. The summed E-state index contributed by atoms with van der Waals surface area (Å²) in [6.45, 7) is 4.91. The maximum atomic E-state index is 13.2. The van der Waals surface area contributed by atoms with Crippen LogP contribution < -0.4 is 10.9 Å². The number of carbonyl (C=O) groups is 1. The van der Waals surface area contributed by atoms with Crippen molar-refractivity contribution >= 4 is 45.8 Å². The average molecular weight is 477 g/mol. The molecule has 2 aromatic carbocycles. The van der Waals surface area contributed by atoms with Crippen molar-refractivity contribution < 1.29 is 9.53 Å². The number of aromatic nitrogens is 2. The Balaban J connectivity index is 2.05. The number of halogens is 2. The summed E-state index contributed by atoms with van der Waals surface area (Å²) in [5.41, 5.74) is 0.852. The van der Waals surface area contributed by atoms with Crippen LogP contribution in [0.2, 0.25) is 10.0 Å². The number of nitrogens with one attached hydrogen (secondary N) is 1. The van der Waals surface area contributed by atoms with E-state index in [-0.39, 0.29) is 16.6 Å². The summed E-state index contributed by atoms with van der Waals surface area (Å²) in [5, 5.41) is 3.98. The van der Waals surface area contributed by atoms with Gasteiger partial charge in [0.25, 0.3) is 5.56 Å². The van der Waals surface area contributed by atoms with E-state index in [4.69, 9.17) is 32.9 Å². The van der Waals surface area contributed by atoms with Crippen LogP contribution in [0.25, 0.3) is 10.9 Å². The van der Waals surface area contributed by atoms with E-state index >= 15 is 0 Å². The topological polar surface area (TPSA) is 76.5 Å². The zero-order valence-corrected chi connectivity index (χ0v) is 19.8. The molecule has 1 unspecified atom stereocenters. The third-order valence-electron chi connectivity index (χ3n) is 5.27. The monoisotopic (exact) mass is 476 g/mol. The minimum absolute atomic E-state index is 0.157. The Hall–Kier alpha value is -2.61. The molecule has 2 amide bonds. The quantitative estimate of drug-likeness (QED) is 0.474. The zero-order chi connectivity index (χ0) is 23.3. The van der Waals surface area contributed by atoms with Crippen LogP contribution >= 0.6 is 23.2 Å². The van der Waals surface area contributed by atoms with Crippen LogP contribution in [0.4, 0.5) is 10.5 Å². The number of para-hydroxylation sites is 1. The molecule has 3 aromatic rings. The Kier molecular flexibility index (Phi) is 8.12. The molecule has 0 radical (unpaired) electrons. The highest BCUT2D eigenvalue weighted by Gasteiger charge is 2.28. The summed E-state index contributed by atoms with van der Waals surface area (Å²) in [4.78, 5) is 32.9. The molecular formula is C23H26Cl2N4O3. The Labute approximate surface area is 196 Å². The minimum atomic E-state index is -0.438. The van der Waals surface area contributed by atoms with Gasteiger partial charge in [0.1, 0.15) is 5.82 Å². The summed E-state index contributed by atoms with van der Waals surface area (Å²) in [5.74, 6) is 0.516. The first-order valence-corrected chi connectivity index (χ1v) is 11.2. The highest BCUT2D eigenvalue weighted by atomic mass is 35.5. The van der Waals surface area contributed by atoms with Crippen molar-refractivity contribution in [2.45, 2.75) is 32.9 Å². The average Bonchev–Trinajstić information content (AvgIpc) is 2.79. The minimum Gasteiger partial charge on any atom is -0.383 e. The van der Waals surface area contributed by atoms with Gasteiger partial charge >= 0.3 is 6.03 Å². The molecule has 0 saturated heterocycles. The number of anilines is 1. The van der Waals surface area contributed by atoms with Crippen molar-refractivity contribution in [3.8, 4) is 0 Å². The number of benzene rings is 2. The number of nitrogens with zero attached hydrogens (tertiary/aromatic N) is 3. The molecule has 0 fully saturated rings. The second-order valence-electron chi connectivity index (χ2n) is 7.18. The van der Waals surface area contributed by atoms with Crippen LogP contribution in [0.5, 0.6) is 0 Å². The number of rotatable bonds is 8. The number of hydrogen-bond donors (Lipinski definition) is 1. The van der Waals surface area contributed by atoms with Gasteiger partial charge in [-0.1, -0.05) is 48.3 Å². The fraction of sp³-hybridized carbons (Fsp3) is 0.348. The van der Waals surface area contributed by atoms with E-state index < -0.39 is 6.04 Å². The van der Waals surface area contributed by atoms with Crippen molar-refractivity contribution in [1.29, 1.82) is 0 Å². The smallest absolute Gasteiger partial charge is 0.322 e. The Bertz CT molecular complexity index is 1170. The van der Waals surface area contributed by atoms with E-state index in [1.54, 1.807) is 46.9 Å². The first-order valence-electron chi connectivity index (χ1n) is 10.4. The Morgan fingerprint density at radius 2 is 1.94 bits per heavy atom. The lowest BCUT2D eigenvalue weighted by Crippen LogP contribution is -2.41. The lowest BCUT2D eigenvalue weighted by atomic mass is 10.1. The van der Waals surface area contributed by atoms with Gasteiger partial charge in [0.05, 0.1) is 45.8 Å². The lowest BCUT2D eigenvalue weighted by molar-refractivity contribution is 0.172. The van der Waals surface area contributed by atoms with Gasteiger partial charge in [-0.3, -0.25) is 9.36 Å². The molecule has 0 aliphatic rings. The fourth-order valence-corrected chi connectivity index (χ4v) is 4.02. The van der Waals surface area contributed by atoms with Gasteiger partial charge in [0.2, 0.25) is 0 Å². The van der Waals surface area contributed by atoms with Gasteiger partial charge in [-0.25, -0.2) is 9.78 Å². The largest absolute Gasteiger partial charge is 0.383 e. The third-order valence-corrected chi connectivity index (χ3v) is 6.08. The summed E-state index contributed by atoms with van der Waals surface area (Å²) >= 11 is 12.3. The maximum absolute atomic E-state index is 13.2. The number of amides is 2. The molecular weight excluding hydrogens is 451 g/mol. The molecule has 1 atom stereocenters. The lowest BCUT2D eigenvalue weighted by Gasteiger charge is -2.31. The van der Waals surface area contributed by atoms with Gasteiger partial charge in [-0.15, -0.1) is 0 Å². The molecule has 1 N–H and O–H groups in total. The summed E-state index contributed by atoms with van der Waals surface area (Å²) in [7, 11) is 1.58. The third kappa shape index (κ3) is 4.90. The highest BCUT2D eigenvalue weighted by molar-refractivity contribution is 6.43. The van der Waals surface area contributed by atoms with E-state index in [2.05, 4.69) is 5.32 Å². The molecule has 32 heavy (non-hydrogen) atoms. The Morgan fingerprint density at radius 1 is 1.19 bits per heavy atom. The normalized spacial score (nSPS) is 12.0. The van der Waals surface area contributed by atoms with Crippen LogP contribution in [0.15, 0.2) is 47.3 Å². The Morgan fingerprint density at radius 3 is 2.62 bits per heavy atom. The summed E-state index contributed by atoms with van der Waals surface area (Å²) < 4.78 is 6.81. The number of urea groups is 1. The molecule has 3 rings (SSSR count). The standard InChI is InChI=1S/C23H26Cl2N4O3/c1-4-19(28(5-2)23(31)27-18-12-8-10-16(24)20(18)25)21-26-17-11-7-6-9-15(17)22(30)29(21)13-14-32-3/h6-12,19H,4-5,13-14H2,1-3H3,(H,27,31). The molecule has 0 bridgehead atoms. The molecule has 0 saturated carbocycles. The number of carbonyl (C=O) groups excluding carboxylic acids is 1. The maximum Gasteiger partial charge on any atom is 0.322 e. The van der Waals surface area contributed by atoms with Crippen molar-refractivity contribution in [1.82, 2.24) is 14.5 Å². The molecule has 1 heterocycles. The van der Waals surface area contributed by atoms with Crippen LogP contribution in [-0.2, 0) is 11.3 Å². The van der Waals surface area contributed by atoms with Crippen LogP contribution in [0, 0.1) is 0 Å². The van der Waals surface area contributed by atoms with Gasteiger partial charge in [-0.2, -0.15) is 0 Å². The van der Waals surface area contributed by atoms with Crippen molar-refractivity contribution in [3.05, 3.63) is 68.7 Å². The second kappa shape index (κ2) is 10.8. The molecule has 7 nitrogen and oxygen atoms in total. The van der Waals surface area contributed by atoms with Crippen molar-refractivity contribution in [3.63, 3.8) is 0 Å². The van der Waals surface area contributed by atoms with Crippen molar-refractivity contribution in [2.75, 3.05) is 25.6 Å². The molecule has 170 valence electrons. The zero-order valence-electron chi connectivity index (χ0n) is 18.3.